The van der Waals surface area contributed by atoms with Crippen molar-refractivity contribution in [1.29, 1.82) is 0 Å². The molecule has 0 amide bonds. The van der Waals surface area contributed by atoms with Crippen molar-refractivity contribution >= 4 is 11.8 Å². The SMILES string of the molecule is O=c1ccnc(S[C@@H]2CCC[C@H]2O)[nH]1. The van der Waals surface area contributed by atoms with Crippen molar-refractivity contribution in [2.75, 3.05) is 0 Å². The van der Waals surface area contributed by atoms with Crippen LogP contribution < -0.4 is 5.56 Å². The van der Waals surface area contributed by atoms with Crippen molar-refractivity contribution < 1.29 is 5.11 Å². The van der Waals surface area contributed by atoms with Crippen molar-refractivity contribution in [3.05, 3.63) is 22.6 Å². The van der Waals surface area contributed by atoms with Gasteiger partial charge in [-0.05, 0) is 19.3 Å². The number of thioether (sulfide) groups is 1. The van der Waals surface area contributed by atoms with Crippen LogP contribution in [0.4, 0.5) is 0 Å². The van der Waals surface area contributed by atoms with Crippen molar-refractivity contribution in [3.8, 4) is 0 Å². The minimum Gasteiger partial charge on any atom is -0.392 e. The highest BCUT2D eigenvalue weighted by molar-refractivity contribution is 7.99. The van der Waals surface area contributed by atoms with Crippen molar-refractivity contribution in [2.45, 2.75) is 35.8 Å². The molecule has 2 N–H and O–H groups in total. The van der Waals surface area contributed by atoms with Gasteiger partial charge in [-0.1, -0.05) is 11.8 Å². The minimum atomic E-state index is -0.259. The second-order valence-electron chi connectivity index (χ2n) is 3.39. The molecule has 2 rings (SSSR count). The zero-order valence-electron chi connectivity index (χ0n) is 7.64. The van der Waals surface area contributed by atoms with Crippen LogP contribution in [0.15, 0.2) is 22.2 Å². The molecule has 0 aromatic carbocycles. The van der Waals surface area contributed by atoms with Crippen LogP contribution in [-0.4, -0.2) is 26.4 Å². The number of nitrogens with one attached hydrogen (secondary N) is 1. The second kappa shape index (κ2) is 4.14. The van der Waals surface area contributed by atoms with Crippen molar-refractivity contribution in [3.63, 3.8) is 0 Å². The summed E-state index contributed by atoms with van der Waals surface area (Å²) < 4.78 is 0. The molecule has 0 unspecified atom stereocenters. The van der Waals surface area contributed by atoms with E-state index in [4.69, 9.17) is 0 Å². The molecular formula is C9H12N2O2S. The first-order chi connectivity index (χ1) is 6.75. The van der Waals surface area contributed by atoms with Gasteiger partial charge in [0.15, 0.2) is 5.16 Å². The van der Waals surface area contributed by atoms with Crippen molar-refractivity contribution in [1.82, 2.24) is 9.97 Å². The first-order valence-corrected chi connectivity index (χ1v) is 5.54. The maximum absolute atomic E-state index is 11.0. The van der Waals surface area contributed by atoms with Crippen LogP contribution in [0.1, 0.15) is 19.3 Å². The van der Waals surface area contributed by atoms with Gasteiger partial charge < -0.3 is 10.1 Å². The van der Waals surface area contributed by atoms with E-state index in [0.717, 1.165) is 19.3 Å². The van der Waals surface area contributed by atoms with E-state index in [-0.39, 0.29) is 16.9 Å². The number of hydrogen-bond acceptors (Lipinski definition) is 4. The molecule has 0 radical (unpaired) electrons. The van der Waals surface area contributed by atoms with Gasteiger partial charge in [0.05, 0.1) is 6.10 Å². The standard InChI is InChI=1S/C9H12N2O2S/c12-6-2-1-3-7(6)14-9-10-5-4-8(13)11-9/h4-7,12H,1-3H2,(H,10,11,13)/t6-,7-/m1/s1. The van der Waals surface area contributed by atoms with Crippen molar-refractivity contribution in [2.24, 2.45) is 0 Å². The topological polar surface area (TPSA) is 66.0 Å². The Morgan fingerprint density at radius 2 is 2.43 bits per heavy atom. The summed E-state index contributed by atoms with van der Waals surface area (Å²) in [6.45, 7) is 0. The first kappa shape index (κ1) is 9.73. The Bertz CT molecular complexity index is 366. The lowest BCUT2D eigenvalue weighted by Crippen LogP contribution is -2.16. The van der Waals surface area contributed by atoms with Gasteiger partial charge in [0.2, 0.25) is 0 Å². The molecule has 2 atom stereocenters. The summed E-state index contributed by atoms with van der Waals surface area (Å²) in [5, 5.41) is 10.4. The highest BCUT2D eigenvalue weighted by Gasteiger charge is 2.26. The quantitative estimate of drug-likeness (QED) is 0.711. The van der Waals surface area contributed by atoms with Crippen LogP contribution >= 0.6 is 11.8 Å². The lowest BCUT2D eigenvalue weighted by molar-refractivity contribution is 0.188. The van der Waals surface area contributed by atoms with E-state index in [1.807, 2.05) is 0 Å². The van der Waals surface area contributed by atoms with Crippen LogP contribution in [0.5, 0.6) is 0 Å². The molecule has 0 aliphatic heterocycles. The predicted molar refractivity (Wildman–Crippen MR) is 54.4 cm³/mol. The molecule has 1 heterocycles. The molecule has 14 heavy (non-hydrogen) atoms. The number of rotatable bonds is 2. The van der Waals surface area contributed by atoms with E-state index in [2.05, 4.69) is 9.97 Å². The summed E-state index contributed by atoms with van der Waals surface area (Å²) in [6.07, 6.45) is 4.13. The average Bonchev–Trinajstić information content (AvgIpc) is 2.52. The molecule has 1 aromatic heterocycles. The third-order valence-electron chi connectivity index (χ3n) is 2.33. The number of aliphatic hydroxyl groups excluding tert-OH is 1. The largest absolute Gasteiger partial charge is 0.392 e. The number of aliphatic hydroxyl groups is 1. The number of H-pyrrole nitrogens is 1. The fourth-order valence-electron chi connectivity index (χ4n) is 1.60. The van der Waals surface area contributed by atoms with Crippen LogP contribution in [0.3, 0.4) is 0 Å². The molecule has 0 bridgehead atoms. The van der Waals surface area contributed by atoms with E-state index in [9.17, 15) is 9.90 Å². The summed E-state index contributed by atoms with van der Waals surface area (Å²) >= 11 is 1.46. The lowest BCUT2D eigenvalue weighted by atomic mass is 10.3. The van der Waals surface area contributed by atoms with E-state index < -0.39 is 0 Å². The Balaban J connectivity index is 2.07. The summed E-state index contributed by atoms with van der Waals surface area (Å²) in [4.78, 5) is 17.6. The lowest BCUT2D eigenvalue weighted by Gasteiger charge is -2.11. The second-order valence-corrected chi connectivity index (χ2v) is 4.62. The molecule has 0 saturated heterocycles. The maximum Gasteiger partial charge on any atom is 0.251 e. The number of hydrogen-bond donors (Lipinski definition) is 2. The highest BCUT2D eigenvalue weighted by Crippen LogP contribution is 2.32. The van der Waals surface area contributed by atoms with Gasteiger partial charge in [0.1, 0.15) is 0 Å². The van der Waals surface area contributed by atoms with Gasteiger partial charge in [-0.3, -0.25) is 4.79 Å². The number of aromatic amines is 1. The molecule has 1 fully saturated rings. The zero-order chi connectivity index (χ0) is 9.97. The van der Waals surface area contributed by atoms with Gasteiger partial charge in [0.25, 0.3) is 5.56 Å². The molecule has 1 aliphatic carbocycles. The smallest absolute Gasteiger partial charge is 0.251 e. The average molecular weight is 212 g/mol. The van der Waals surface area contributed by atoms with Crippen LogP contribution in [0, 0.1) is 0 Å². The molecule has 76 valence electrons. The maximum atomic E-state index is 11.0. The fraction of sp³-hybridized carbons (Fsp3) is 0.556. The van der Waals surface area contributed by atoms with Crippen LogP contribution in [0.2, 0.25) is 0 Å². The summed E-state index contributed by atoms with van der Waals surface area (Å²) in [6, 6.07) is 1.38. The monoisotopic (exact) mass is 212 g/mol. The predicted octanol–water partition coefficient (Wildman–Crippen LogP) is 0.775. The normalized spacial score (nSPS) is 26.6. The Kier molecular flexibility index (Phi) is 2.88. The molecule has 0 spiro atoms. The first-order valence-electron chi connectivity index (χ1n) is 4.66. The molecule has 1 saturated carbocycles. The fourth-order valence-corrected chi connectivity index (χ4v) is 2.74. The molecular weight excluding hydrogens is 200 g/mol. The van der Waals surface area contributed by atoms with E-state index in [0.29, 0.717) is 5.16 Å². The van der Waals surface area contributed by atoms with Crippen LogP contribution in [-0.2, 0) is 0 Å². The molecule has 1 aliphatic rings. The van der Waals surface area contributed by atoms with Gasteiger partial charge >= 0.3 is 0 Å². The Labute approximate surface area is 85.8 Å². The Morgan fingerprint density at radius 3 is 3.07 bits per heavy atom. The Hall–Kier alpha value is -0.810. The highest BCUT2D eigenvalue weighted by atomic mass is 32.2. The number of nitrogens with zero attached hydrogens (tertiary/aromatic N) is 1. The van der Waals surface area contributed by atoms with Crippen LogP contribution in [0.25, 0.3) is 0 Å². The molecule has 1 aromatic rings. The number of aromatic nitrogens is 2. The third kappa shape index (κ3) is 2.16. The van der Waals surface area contributed by atoms with Gasteiger partial charge in [-0.15, -0.1) is 0 Å². The van der Waals surface area contributed by atoms with E-state index in [1.54, 1.807) is 0 Å². The third-order valence-corrected chi connectivity index (χ3v) is 3.61. The van der Waals surface area contributed by atoms with Gasteiger partial charge in [0, 0.05) is 17.5 Å². The summed E-state index contributed by atoms with van der Waals surface area (Å²) in [7, 11) is 0. The zero-order valence-corrected chi connectivity index (χ0v) is 8.46. The van der Waals surface area contributed by atoms with Gasteiger partial charge in [-0.25, -0.2) is 4.98 Å². The summed E-state index contributed by atoms with van der Waals surface area (Å²) in [5.74, 6) is 0. The molecule has 4 nitrogen and oxygen atoms in total. The summed E-state index contributed by atoms with van der Waals surface area (Å²) in [5.41, 5.74) is -0.144. The van der Waals surface area contributed by atoms with E-state index in [1.165, 1.54) is 24.0 Å². The minimum absolute atomic E-state index is 0.144. The van der Waals surface area contributed by atoms with E-state index >= 15 is 0 Å². The van der Waals surface area contributed by atoms with Gasteiger partial charge in [-0.2, -0.15) is 0 Å². The molecule has 5 heteroatoms. The Morgan fingerprint density at radius 1 is 1.57 bits per heavy atom.